The molecule has 0 radical (unpaired) electrons. The quantitative estimate of drug-likeness (QED) is 0.280. The van der Waals surface area contributed by atoms with Gasteiger partial charge in [0.2, 0.25) is 0 Å². The average Bonchev–Trinajstić information content (AvgIpc) is 2.85. The van der Waals surface area contributed by atoms with Gasteiger partial charge in [0, 0.05) is 0 Å². The number of halogens is 1. The van der Waals surface area contributed by atoms with Gasteiger partial charge in [-0.05, 0) is 0 Å². The van der Waals surface area contributed by atoms with Crippen LogP contribution in [0.4, 0.5) is 0 Å². The first-order valence-electron chi connectivity index (χ1n) is 12.0. The van der Waals surface area contributed by atoms with Gasteiger partial charge < -0.3 is 0 Å². The summed E-state index contributed by atoms with van der Waals surface area (Å²) in [4.78, 5) is 0. The van der Waals surface area contributed by atoms with Crippen molar-refractivity contribution in [3.8, 4) is 0 Å². The molecular formula is C29H36BrP. The van der Waals surface area contributed by atoms with E-state index in [-0.39, 0.29) is 0 Å². The summed E-state index contributed by atoms with van der Waals surface area (Å²) in [6, 6.07) is 33.8. The van der Waals surface area contributed by atoms with Crippen molar-refractivity contribution < 1.29 is 0 Å². The first kappa shape index (κ1) is 22.8. The van der Waals surface area contributed by atoms with Gasteiger partial charge in [0.15, 0.2) is 0 Å². The Morgan fingerprint density at radius 3 is 1.32 bits per heavy atom. The molecular weight excluding hydrogens is 459 g/mol. The van der Waals surface area contributed by atoms with E-state index in [2.05, 4.69) is 113 Å². The molecule has 3 aromatic carbocycles. The van der Waals surface area contributed by atoms with Crippen LogP contribution < -0.4 is 15.9 Å². The minimum atomic E-state index is -2.74. The zero-order chi connectivity index (χ0) is 21.6. The number of rotatable bonds is 8. The Balaban J connectivity index is 1.75. The van der Waals surface area contributed by atoms with Gasteiger partial charge in [-0.25, -0.2) is 0 Å². The van der Waals surface area contributed by atoms with Crippen molar-refractivity contribution in [2.75, 3.05) is 6.16 Å². The molecule has 31 heavy (non-hydrogen) atoms. The summed E-state index contributed by atoms with van der Waals surface area (Å²) in [5, 5.41) is 1.61. The van der Waals surface area contributed by atoms with E-state index in [1.165, 1.54) is 67.0 Å². The molecule has 1 aliphatic rings. The molecule has 0 saturated heterocycles. The molecule has 0 nitrogen and oxygen atoms in total. The fourth-order valence-corrected chi connectivity index (χ4v) is 13.3. The third-order valence-electron chi connectivity index (χ3n) is 7.50. The van der Waals surface area contributed by atoms with Crippen LogP contribution in [0.3, 0.4) is 0 Å². The van der Waals surface area contributed by atoms with E-state index in [0.29, 0.717) is 0 Å². The van der Waals surface area contributed by atoms with Crippen LogP contribution in [0.1, 0.15) is 51.9 Å². The Kier molecular flexibility index (Phi) is 7.35. The van der Waals surface area contributed by atoms with E-state index in [1.54, 1.807) is 0 Å². The number of hydrogen-bond acceptors (Lipinski definition) is 0. The Bertz CT molecular complexity index is 831. The standard InChI is InChI=1S/C29H36BrP/c1-2-12-25-19-21-26(22-20-25)23-24-31(30,27-13-6-3-7-14-27,28-15-8-4-9-16-28)29-17-10-5-11-18-29/h3-11,13-18,25-26H,2,12,19-24H2,1H3. The fourth-order valence-electron chi connectivity index (χ4n) is 5.69. The van der Waals surface area contributed by atoms with Crippen molar-refractivity contribution in [1.82, 2.24) is 0 Å². The van der Waals surface area contributed by atoms with Gasteiger partial charge in [-0.3, -0.25) is 0 Å². The van der Waals surface area contributed by atoms with Gasteiger partial charge in [0.1, 0.15) is 0 Å². The first-order chi connectivity index (χ1) is 15.1. The summed E-state index contributed by atoms with van der Waals surface area (Å²) in [5.41, 5.74) is 0. The molecule has 0 spiro atoms. The molecule has 3 aromatic rings. The van der Waals surface area contributed by atoms with Crippen molar-refractivity contribution in [3.63, 3.8) is 0 Å². The van der Waals surface area contributed by atoms with Gasteiger partial charge in [0.25, 0.3) is 0 Å². The van der Waals surface area contributed by atoms with E-state index in [1.807, 2.05) is 0 Å². The Morgan fingerprint density at radius 1 is 0.613 bits per heavy atom. The third-order valence-corrected chi connectivity index (χ3v) is 17.5. The topological polar surface area (TPSA) is 0 Å². The molecule has 1 saturated carbocycles. The van der Waals surface area contributed by atoms with Gasteiger partial charge in [-0.1, -0.05) is 0 Å². The normalized spacial score (nSPS) is 20.6. The second-order valence-corrected chi connectivity index (χ2v) is 18.4. The molecule has 0 bridgehead atoms. The van der Waals surface area contributed by atoms with Gasteiger partial charge in [-0.2, -0.15) is 0 Å². The number of benzene rings is 3. The van der Waals surface area contributed by atoms with Crippen molar-refractivity contribution >= 4 is 36.7 Å². The predicted molar refractivity (Wildman–Crippen MR) is 144 cm³/mol. The second-order valence-electron chi connectivity index (χ2n) is 9.38. The van der Waals surface area contributed by atoms with Gasteiger partial charge in [0.05, 0.1) is 0 Å². The van der Waals surface area contributed by atoms with Crippen molar-refractivity contribution in [2.24, 2.45) is 11.8 Å². The van der Waals surface area contributed by atoms with Gasteiger partial charge >= 0.3 is 198 Å². The van der Waals surface area contributed by atoms with Crippen LogP contribution in [0.5, 0.6) is 0 Å². The fraction of sp³-hybridized carbons (Fsp3) is 0.379. The Labute approximate surface area is 197 Å². The molecule has 1 aliphatic carbocycles. The van der Waals surface area contributed by atoms with Crippen LogP contribution in [0.15, 0.2) is 91.0 Å². The van der Waals surface area contributed by atoms with E-state index in [0.717, 1.165) is 11.8 Å². The summed E-state index contributed by atoms with van der Waals surface area (Å²) < 4.78 is 0. The molecule has 0 aliphatic heterocycles. The van der Waals surface area contributed by atoms with Crippen LogP contribution in [0.2, 0.25) is 0 Å². The van der Waals surface area contributed by atoms with E-state index in [9.17, 15) is 0 Å². The molecule has 164 valence electrons. The molecule has 0 atom stereocenters. The molecule has 2 heteroatoms. The molecule has 0 amide bonds. The summed E-state index contributed by atoms with van der Waals surface area (Å²) in [6.07, 6.45) is 10.9. The van der Waals surface area contributed by atoms with Crippen LogP contribution in [0.25, 0.3) is 0 Å². The van der Waals surface area contributed by atoms with Crippen LogP contribution in [-0.2, 0) is 0 Å². The van der Waals surface area contributed by atoms with E-state index in [4.69, 9.17) is 0 Å². The summed E-state index contributed by atoms with van der Waals surface area (Å²) in [5.74, 6) is 1.82. The monoisotopic (exact) mass is 494 g/mol. The third kappa shape index (κ3) is 4.55. The van der Waals surface area contributed by atoms with Gasteiger partial charge in [-0.15, -0.1) is 0 Å². The molecule has 0 unspecified atom stereocenters. The molecule has 4 rings (SSSR count). The Morgan fingerprint density at radius 2 is 0.968 bits per heavy atom. The average molecular weight is 495 g/mol. The van der Waals surface area contributed by atoms with Crippen LogP contribution in [-0.4, -0.2) is 6.16 Å². The maximum atomic E-state index is 4.61. The zero-order valence-corrected chi connectivity index (χ0v) is 21.3. The van der Waals surface area contributed by atoms with Crippen molar-refractivity contribution in [3.05, 3.63) is 91.0 Å². The molecule has 0 N–H and O–H groups in total. The molecule has 1 fully saturated rings. The Hall–Kier alpha value is -1.43. The minimum absolute atomic E-state index is 0.850. The van der Waals surface area contributed by atoms with Crippen molar-refractivity contribution in [2.45, 2.75) is 51.9 Å². The van der Waals surface area contributed by atoms with Crippen molar-refractivity contribution in [1.29, 1.82) is 0 Å². The SMILES string of the molecule is CCCC1CCC(CCP(Br)(c2ccccc2)(c2ccccc2)c2ccccc2)CC1. The van der Waals surface area contributed by atoms with E-state index >= 15 is 0 Å². The maximum absolute atomic E-state index is 4.61. The predicted octanol–water partition coefficient (Wildman–Crippen LogP) is 7.82. The second kappa shape index (κ2) is 10.0. The summed E-state index contributed by atoms with van der Waals surface area (Å²) in [6.45, 7) is 2.33. The molecule has 0 aromatic heterocycles. The number of hydrogen-bond donors (Lipinski definition) is 0. The zero-order valence-electron chi connectivity index (χ0n) is 18.8. The van der Waals surface area contributed by atoms with E-state index < -0.39 is 5.31 Å². The van der Waals surface area contributed by atoms with Crippen LogP contribution >= 0.6 is 20.8 Å². The summed E-state index contributed by atoms with van der Waals surface area (Å²) in [7, 11) is 0. The van der Waals surface area contributed by atoms with Crippen LogP contribution in [0, 0.1) is 11.8 Å². The first-order valence-corrected chi connectivity index (χ1v) is 16.5. The molecule has 0 heterocycles. The summed E-state index contributed by atoms with van der Waals surface area (Å²) >= 11 is 4.61.